The fourth-order valence-electron chi connectivity index (χ4n) is 1.33. The number of nitrogens with one attached hydrogen (secondary N) is 1. The number of rotatable bonds is 5. The Morgan fingerprint density at radius 3 is 2.73 bits per heavy atom. The molecule has 0 bridgehead atoms. The van der Waals surface area contributed by atoms with E-state index in [1.807, 2.05) is 18.8 Å². The van der Waals surface area contributed by atoms with E-state index in [9.17, 15) is 0 Å². The standard InChI is InChI=1S/C13H19NS/c1-10-7-5-6-8-13(10)15-12(3)11(2)9-14-4/h5-8,12,14H,2,9H2,1,3-4H3. The predicted octanol–water partition coefficient (Wildman–Crippen LogP) is 3.25. The molecule has 0 aliphatic carbocycles. The van der Waals surface area contributed by atoms with Crippen LogP contribution in [0.5, 0.6) is 0 Å². The summed E-state index contributed by atoms with van der Waals surface area (Å²) < 4.78 is 0. The van der Waals surface area contributed by atoms with Crippen molar-refractivity contribution in [2.24, 2.45) is 0 Å². The van der Waals surface area contributed by atoms with E-state index in [-0.39, 0.29) is 0 Å². The van der Waals surface area contributed by atoms with Crippen molar-refractivity contribution >= 4 is 11.8 Å². The highest BCUT2D eigenvalue weighted by atomic mass is 32.2. The molecule has 0 radical (unpaired) electrons. The lowest BCUT2D eigenvalue weighted by atomic mass is 10.2. The third-order valence-corrected chi connectivity index (χ3v) is 3.77. The molecule has 1 rings (SSSR count). The molecule has 1 atom stereocenters. The van der Waals surface area contributed by atoms with E-state index >= 15 is 0 Å². The number of thioether (sulfide) groups is 1. The zero-order valence-electron chi connectivity index (χ0n) is 9.71. The van der Waals surface area contributed by atoms with Gasteiger partial charge in [0.05, 0.1) is 0 Å². The smallest absolute Gasteiger partial charge is 0.0285 e. The molecule has 0 heterocycles. The highest BCUT2D eigenvalue weighted by Crippen LogP contribution is 2.29. The van der Waals surface area contributed by atoms with Crippen LogP contribution < -0.4 is 5.32 Å². The van der Waals surface area contributed by atoms with Crippen LogP contribution >= 0.6 is 11.8 Å². The molecular weight excluding hydrogens is 202 g/mol. The van der Waals surface area contributed by atoms with Gasteiger partial charge in [-0.05, 0) is 32.5 Å². The second-order valence-electron chi connectivity index (χ2n) is 3.71. The molecule has 0 saturated carbocycles. The molecule has 0 spiro atoms. The molecule has 0 fully saturated rings. The molecular formula is C13H19NS. The lowest BCUT2D eigenvalue weighted by Gasteiger charge is -2.15. The van der Waals surface area contributed by atoms with Crippen LogP contribution in [0.25, 0.3) is 0 Å². The summed E-state index contributed by atoms with van der Waals surface area (Å²) in [5.74, 6) is 0. The quantitative estimate of drug-likeness (QED) is 0.605. The molecule has 0 aromatic heterocycles. The van der Waals surface area contributed by atoms with Gasteiger partial charge in [-0.1, -0.05) is 30.4 Å². The summed E-state index contributed by atoms with van der Waals surface area (Å²) in [5.41, 5.74) is 2.58. The highest BCUT2D eigenvalue weighted by molar-refractivity contribution is 8.00. The molecule has 0 saturated heterocycles. The first-order valence-electron chi connectivity index (χ1n) is 5.19. The lowest BCUT2D eigenvalue weighted by Crippen LogP contribution is -2.15. The first-order valence-corrected chi connectivity index (χ1v) is 6.07. The van der Waals surface area contributed by atoms with Crippen LogP contribution in [0.15, 0.2) is 41.3 Å². The minimum atomic E-state index is 0.457. The maximum absolute atomic E-state index is 4.09. The van der Waals surface area contributed by atoms with Crippen LogP contribution in [0.2, 0.25) is 0 Å². The summed E-state index contributed by atoms with van der Waals surface area (Å²) >= 11 is 1.88. The van der Waals surface area contributed by atoms with Crippen LogP contribution in [0.1, 0.15) is 12.5 Å². The highest BCUT2D eigenvalue weighted by Gasteiger charge is 2.08. The van der Waals surface area contributed by atoms with Gasteiger partial charge in [0.15, 0.2) is 0 Å². The molecule has 1 unspecified atom stereocenters. The number of hydrogen-bond acceptors (Lipinski definition) is 2. The van der Waals surface area contributed by atoms with E-state index in [1.54, 1.807) is 0 Å². The first-order chi connectivity index (χ1) is 7.15. The van der Waals surface area contributed by atoms with Crippen molar-refractivity contribution in [1.29, 1.82) is 0 Å². The first kappa shape index (κ1) is 12.3. The minimum Gasteiger partial charge on any atom is -0.316 e. The molecule has 82 valence electrons. The van der Waals surface area contributed by atoms with Gasteiger partial charge in [0.2, 0.25) is 0 Å². The summed E-state index contributed by atoms with van der Waals surface area (Å²) in [6.07, 6.45) is 0. The summed E-state index contributed by atoms with van der Waals surface area (Å²) in [6.45, 7) is 9.33. The summed E-state index contributed by atoms with van der Waals surface area (Å²) in [4.78, 5) is 1.35. The van der Waals surface area contributed by atoms with Gasteiger partial charge in [-0.3, -0.25) is 0 Å². The van der Waals surface area contributed by atoms with E-state index in [4.69, 9.17) is 0 Å². The molecule has 0 aliphatic rings. The maximum atomic E-state index is 4.09. The molecule has 0 aliphatic heterocycles. The third kappa shape index (κ3) is 3.73. The fraction of sp³-hybridized carbons (Fsp3) is 0.385. The van der Waals surface area contributed by atoms with Gasteiger partial charge in [0.25, 0.3) is 0 Å². The van der Waals surface area contributed by atoms with Gasteiger partial charge >= 0.3 is 0 Å². The monoisotopic (exact) mass is 221 g/mol. The van der Waals surface area contributed by atoms with Crippen LogP contribution in [-0.2, 0) is 0 Å². The topological polar surface area (TPSA) is 12.0 Å². The summed E-state index contributed by atoms with van der Waals surface area (Å²) in [7, 11) is 1.95. The second kappa shape index (κ2) is 5.99. The van der Waals surface area contributed by atoms with Crippen molar-refractivity contribution in [3.05, 3.63) is 42.0 Å². The minimum absolute atomic E-state index is 0.457. The van der Waals surface area contributed by atoms with Gasteiger partial charge in [0.1, 0.15) is 0 Å². The van der Waals surface area contributed by atoms with E-state index in [0.717, 1.165) is 6.54 Å². The van der Waals surface area contributed by atoms with Crippen LogP contribution in [-0.4, -0.2) is 18.8 Å². The molecule has 1 aromatic carbocycles. The van der Waals surface area contributed by atoms with Crippen molar-refractivity contribution in [3.8, 4) is 0 Å². The predicted molar refractivity (Wildman–Crippen MR) is 69.6 cm³/mol. The number of aryl methyl sites for hydroxylation is 1. The van der Waals surface area contributed by atoms with Crippen molar-refractivity contribution in [2.45, 2.75) is 24.0 Å². The van der Waals surface area contributed by atoms with Gasteiger partial charge in [-0.2, -0.15) is 0 Å². The Hall–Kier alpha value is -0.730. The lowest BCUT2D eigenvalue weighted by molar-refractivity contribution is 0.854. The number of likely N-dealkylation sites (N-methyl/N-ethyl adjacent to an activating group) is 1. The number of benzene rings is 1. The number of hydrogen-bond donors (Lipinski definition) is 1. The van der Waals surface area contributed by atoms with Crippen LogP contribution in [0, 0.1) is 6.92 Å². The van der Waals surface area contributed by atoms with E-state index in [2.05, 4.69) is 50.0 Å². The summed E-state index contributed by atoms with van der Waals surface area (Å²) in [6, 6.07) is 8.48. The SMILES string of the molecule is C=C(CNC)C(C)Sc1ccccc1C. The van der Waals surface area contributed by atoms with E-state index in [1.165, 1.54) is 16.0 Å². The average Bonchev–Trinajstić information content (AvgIpc) is 2.21. The Balaban J connectivity index is 2.62. The van der Waals surface area contributed by atoms with E-state index < -0.39 is 0 Å². The molecule has 15 heavy (non-hydrogen) atoms. The maximum Gasteiger partial charge on any atom is 0.0285 e. The zero-order chi connectivity index (χ0) is 11.3. The molecule has 0 amide bonds. The van der Waals surface area contributed by atoms with Crippen LogP contribution in [0.4, 0.5) is 0 Å². The van der Waals surface area contributed by atoms with Gasteiger partial charge in [0, 0.05) is 16.7 Å². The Morgan fingerprint density at radius 2 is 2.13 bits per heavy atom. The normalized spacial score (nSPS) is 12.5. The molecule has 1 aromatic rings. The van der Waals surface area contributed by atoms with Crippen LogP contribution in [0.3, 0.4) is 0 Å². The average molecular weight is 221 g/mol. The Labute approximate surface area is 97.0 Å². The largest absolute Gasteiger partial charge is 0.316 e. The van der Waals surface area contributed by atoms with Crippen molar-refractivity contribution in [3.63, 3.8) is 0 Å². The van der Waals surface area contributed by atoms with Crippen molar-refractivity contribution in [2.75, 3.05) is 13.6 Å². The Bertz CT molecular complexity index is 333. The fourth-order valence-corrected chi connectivity index (χ4v) is 2.38. The third-order valence-electron chi connectivity index (χ3n) is 2.38. The van der Waals surface area contributed by atoms with E-state index in [0.29, 0.717) is 5.25 Å². The summed E-state index contributed by atoms with van der Waals surface area (Å²) in [5, 5.41) is 3.59. The van der Waals surface area contributed by atoms with Gasteiger partial charge < -0.3 is 5.32 Å². The molecule has 1 nitrogen and oxygen atoms in total. The van der Waals surface area contributed by atoms with Crippen molar-refractivity contribution < 1.29 is 0 Å². The van der Waals surface area contributed by atoms with Gasteiger partial charge in [-0.25, -0.2) is 0 Å². The molecule has 1 N–H and O–H groups in total. The van der Waals surface area contributed by atoms with Crippen molar-refractivity contribution in [1.82, 2.24) is 5.32 Å². The Kier molecular flexibility index (Phi) is 4.92. The molecule has 2 heteroatoms. The zero-order valence-corrected chi connectivity index (χ0v) is 10.5. The Morgan fingerprint density at radius 1 is 1.47 bits per heavy atom. The van der Waals surface area contributed by atoms with Gasteiger partial charge in [-0.15, -0.1) is 11.8 Å². The second-order valence-corrected chi connectivity index (χ2v) is 5.10.